The number of hydrogen-bond donors (Lipinski definition) is 0. The maximum Gasteiger partial charge on any atom is 0.110 e. The molecule has 3 heterocycles. The molecule has 0 N–H and O–H groups in total. The molecule has 104 valence electrons. The van der Waals surface area contributed by atoms with Crippen LogP contribution in [-0.4, -0.2) is 24.3 Å². The van der Waals surface area contributed by atoms with Gasteiger partial charge in [0.05, 0.1) is 12.6 Å². The average molecular weight is 288 g/mol. The highest BCUT2D eigenvalue weighted by Crippen LogP contribution is 2.58. The summed E-state index contributed by atoms with van der Waals surface area (Å²) in [5.41, 5.74) is 1.30. The van der Waals surface area contributed by atoms with Gasteiger partial charge in [-0.1, -0.05) is 30.2 Å². The fourth-order valence-electron chi connectivity index (χ4n) is 5.12. The van der Waals surface area contributed by atoms with Crippen LogP contribution in [-0.2, 0) is 4.74 Å². The molecule has 3 fully saturated rings. The lowest BCUT2D eigenvalue weighted by Crippen LogP contribution is -2.41. The Balaban J connectivity index is 1.57. The van der Waals surface area contributed by atoms with E-state index in [-0.39, 0.29) is 5.60 Å². The highest BCUT2D eigenvalue weighted by atomic mass is 35.5. The lowest BCUT2D eigenvalue weighted by Gasteiger charge is -2.37. The molecule has 3 heteroatoms. The van der Waals surface area contributed by atoms with Crippen LogP contribution in [0.4, 0.5) is 5.69 Å². The molecule has 5 atom stereocenters. The minimum Gasteiger partial charge on any atom is -0.365 e. The highest BCUT2D eigenvalue weighted by Gasteiger charge is 2.65. The van der Waals surface area contributed by atoms with Crippen molar-refractivity contribution in [3.63, 3.8) is 0 Å². The number of ether oxygens (including phenoxy) is 1. The van der Waals surface area contributed by atoms with Gasteiger partial charge in [-0.05, 0) is 43.0 Å². The predicted octanol–water partition coefficient (Wildman–Crippen LogP) is 3.65. The number of fused-ring (bicyclic) bond motifs is 2. The van der Waals surface area contributed by atoms with Gasteiger partial charge in [0.25, 0.3) is 0 Å². The Morgan fingerprint density at radius 1 is 1.20 bits per heavy atom. The second-order valence-electron chi connectivity index (χ2n) is 6.69. The van der Waals surface area contributed by atoms with E-state index >= 15 is 0 Å². The van der Waals surface area contributed by atoms with E-state index in [1.807, 2.05) is 12.1 Å². The molecule has 3 unspecified atom stereocenters. The molecular weight excluding hydrogens is 270 g/mol. The summed E-state index contributed by atoms with van der Waals surface area (Å²) < 4.78 is 6.39. The lowest BCUT2D eigenvalue weighted by atomic mass is 9.68. The first kappa shape index (κ1) is 11.6. The molecule has 1 aromatic carbocycles. The van der Waals surface area contributed by atoms with Gasteiger partial charge < -0.3 is 9.64 Å². The van der Waals surface area contributed by atoms with Crippen LogP contribution in [0.15, 0.2) is 36.4 Å². The summed E-state index contributed by atoms with van der Waals surface area (Å²) in [6.07, 6.45) is 9.04. The smallest absolute Gasteiger partial charge is 0.110 e. The first-order chi connectivity index (χ1) is 9.77. The first-order valence-corrected chi connectivity index (χ1v) is 8.04. The highest BCUT2D eigenvalue weighted by molar-refractivity contribution is 6.30. The van der Waals surface area contributed by atoms with Gasteiger partial charge in [-0.25, -0.2) is 0 Å². The van der Waals surface area contributed by atoms with E-state index in [0.29, 0.717) is 18.1 Å². The Morgan fingerprint density at radius 3 is 2.90 bits per heavy atom. The number of nitrogens with zero attached hydrogens (tertiary/aromatic N) is 1. The number of hydrogen-bond acceptors (Lipinski definition) is 2. The summed E-state index contributed by atoms with van der Waals surface area (Å²) in [6, 6.07) is 8.94. The van der Waals surface area contributed by atoms with Crippen molar-refractivity contribution in [2.75, 3.05) is 11.4 Å². The van der Waals surface area contributed by atoms with E-state index in [9.17, 15) is 0 Å². The van der Waals surface area contributed by atoms with Crippen LogP contribution in [0.3, 0.4) is 0 Å². The zero-order valence-corrected chi connectivity index (χ0v) is 12.1. The standard InChI is InChI=1S/C17H18ClNO/c18-11-4-6-12(7-5-11)19-10-17-9-8-15(20-17)13-2-1-3-14(19)16(13)17/h4-9,13-16H,1-3,10H2/t13?,14?,15-,16?,17-/m1/s1. The van der Waals surface area contributed by atoms with Crippen molar-refractivity contribution in [3.05, 3.63) is 41.4 Å². The Labute approximate surface area is 124 Å². The molecule has 2 nitrogen and oxygen atoms in total. The molecule has 3 aliphatic heterocycles. The molecule has 1 aromatic rings. The van der Waals surface area contributed by atoms with Gasteiger partial charge in [-0.3, -0.25) is 0 Å². The van der Waals surface area contributed by atoms with Crippen molar-refractivity contribution in [2.45, 2.75) is 37.0 Å². The van der Waals surface area contributed by atoms with Crippen LogP contribution in [0, 0.1) is 11.8 Å². The monoisotopic (exact) mass is 287 g/mol. The SMILES string of the molecule is Clc1ccc(N2C[C@@]34C=C[C@@H](O3)C3CCCC2C34)cc1. The van der Waals surface area contributed by atoms with Crippen LogP contribution in [0.5, 0.6) is 0 Å². The first-order valence-electron chi connectivity index (χ1n) is 7.66. The minimum atomic E-state index is 0.0000556. The lowest BCUT2D eigenvalue weighted by molar-refractivity contribution is 0.0319. The van der Waals surface area contributed by atoms with Gasteiger partial charge in [0.15, 0.2) is 0 Å². The summed E-state index contributed by atoms with van der Waals surface area (Å²) in [4.78, 5) is 2.57. The van der Waals surface area contributed by atoms with Gasteiger partial charge in [0.2, 0.25) is 0 Å². The van der Waals surface area contributed by atoms with Crippen molar-refractivity contribution in [3.8, 4) is 0 Å². The Morgan fingerprint density at radius 2 is 2.05 bits per heavy atom. The third-order valence-corrected chi connectivity index (χ3v) is 6.05. The van der Waals surface area contributed by atoms with E-state index in [1.165, 1.54) is 24.9 Å². The molecule has 0 radical (unpaired) electrons. The molecule has 0 aromatic heterocycles. The Hall–Kier alpha value is -0.990. The number of rotatable bonds is 1. The maximum atomic E-state index is 6.39. The van der Waals surface area contributed by atoms with E-state index in [1.54, 1.807) is 0 Å². The van der Waals surface area contributed by atoms with Crippen molar-refractivity contribution in [1.29, 1.82) is 0 Å². The fraction of sp³-hybridized carbons (Fsp3) is 0.529. The van der Waals surface area contributed by atoms with E-state index in [0.717, 1.165) is 17.5 Å². The van der Waals surface area contributed by atoms with Crippen molar-refractivity contribution < 1.29 is 4.74 Å². The van der Waals surface area contributed by atoms with E-state index < -0.39 is 0 Å². The Bertz CT molecular complexity index is 583. The molecule has 1 saturated carbocycles. The zero-order valence-electron chi connectivity index (χ0n) is 11.3. The molecule has 4 aliphatic rings. The number of benzene rings is 1. The summed E-state index contributed by atoms with van der Waals surface area (Å²) in [5.74, 6) is 1.44. The van der Waals surface area contributed by atoms with E-state index in [4.69, 9.17) is 16.3 Å². The third kappa shape index (κ3) is 1.34. The Kier molecular flexibility index (Phi) is 2.22. The van der Waals surface area contributed by atoms with Crippen LogP contribution < -0.4 is 4.90 Å². The number of anilines is 1. The van der Waals surface area contributed by atoms with Gasteiger partial charge >= 0.3 is 0 Å². The number of halogens is 1. The molecule has 0 amide bonds. The fourth-order valence-corrected chi connectivity index (χ4v) is 5.24. The molecule has 1 aliphatic carbocycles. The quantitative estimate of drug-likeness (QED) is 0.731. The van der Waals surface area contributed by atoms with E-state index in [2.05, 4.69) is 29.2 Å². The van der Waals surface area contributed by atoms with Crippen LogP contribution >= 0.6 is 11.6 Å². The second-order valence-corrected chi connectivity index (χ2v) is 7.13. The van der Waals surface area contributed by atoms with Crippen LogP contribution in [0.25, 0.3) is 0 Å². The third-order valence-electron chi connectivity index (χ3n) is 5.80. The van der Waals surface area contributed by atoms with Gasteiger partial charge in [-0.2, -0.15) is 0 Å². The predicted molar refractivity (Wildman–Crippen MR) is 80.2 cm³/mol. The second kappa shape index (κ2) is 3.80. The van der Waals surface area contributed by atoms with Crippen LogP contribution in [0.2, 0.25) is 5.02 Å². The minimum absolute atomic E-state index is 0.0000556. The van der Waals surface area contributed by atoms with Gasteiger partial charge in [0.1, 0.15) is 5.60 Å². The molecular formula is C17H18ClNO. The topological polar surface area (TPSA) is 12.5 Å². The summed E-state index contributed by atoms with van der Waals surface area (Å²) >= 11 is 6.03. The van der Waals surface area contributed by atoms with Crippen molar-refractivity contribution >= 4 is 17.3 Å². The zero-order chi connectivity index (χ0) is 13.3. The molecule has 2 bridgehead atoms. The summed E-state index contributed by atoms with van der Waals surface area (Å²) in [6.45, 7) is 1.01. The van der Waals surface area contributed by atoms with Crippen molar-refractivity contribution in [1.82, 2.24) is 0 Å². The average Bonchev–Trinajstić information content (AvgIpc) is 3.12. The molecule has 20 heavy (non-hydrogen) atoms. The van der Waals surface area contributed by atoms with Gasteiger partial charge in [0, 0.05) is 22.7 Å². The summed E-state index contributed by atoms with van der Waals surface area (Å²) in [5, 5.41) is 0.810. The summed E-state index contributed by atoms with van der Waals surface area (Å²) in [7, 11) is 0. The maximum absolute atomic E-state index is 6.39. The molecule has 5 rings (SSSR count). The van der Waals surface area contributed by atoms with Crippen molar-refractivity contribution in [2.24, 2.45) is 11.8 Å². The van der Waals surface area contributed by atoms with Gasteiger partial charge in [-0.15, -0.1) is 0 Å². The largest absolute Gasteiger partial charge is 0.365 e. The normalized spacial score (nSPS) is 44.1. The molecule has 1 spiro atoms. The molecule has 2 saturated heterocycles. The van der Waals surface area contributed by atoms with Crippen LogP contribution in [0.1, 0.15) is 19.3 Å².